The average Bonchev–Trinajstić information content (AvgIpc) is 2.94. The Hall–Kier alpha value is -2.67. The molecule has 3 rings (SSSR count). The lowest BCUT2D eigenvalue weighted by molar-refractivity contribution is -0.116. The van der Waals surface area contributed by atoms with Crippen molar-refractivity contribution in [2.45, 2.75) is 19.8 Å². The van der Waals surface area contributed by atoms with Gasteiger partial charge in [-0.05, 0) is 18.9 Å². The summed E-state index contributed by atoms with van der Waals surface area (Å²) < 4.78 is 1.10. The Morgan fingerprint density at radius 3 is 2.78 bits per heavy atom. The number of aromatic nitrogens is 4. The van der Waals surface area contributed by atoms with Gasteiger partial charge in [0.15, 0.2) is 0 Å². The number of fused-ring (bicyclic) bond motifs is 1. The van der Waals surface area contributed by atoms with Crippen molar-refractivity contribution in [1.82, 2.24) is 19.6 Å². The fraction of sp³-hybridized carbons (Fsp3) is 0.200. The summed E-state index contributed by atoms with van der Waals surface area (Å²) in [6.45, 7) is 1.62. The van der Waals surface area contributed by atoms with Gasteiger partial charge < -0.3 is 0 Å². The van der Waals surface area contributed by atoms with E-state index in [9.17, 15) is 9.59 Å². The molecule has 8 heteroatoms. The lowest BCUT2D eigenvalue weighted by Crippen LogP contribution is -2.17. The first-order chi connectivity index (χ1) is 11.0. The number of rotatable bonds is 4. The topological polar surface area (TPSA) is 92.2 Å². The number of benzene rings is 1. The second-order valence-corrected chi connectivity index (χ2v) is 5.44. The van der Waals surface area contributed by atoms with Gasteiger partial charge in [0.05, 0.1) is 5.69 Å². The average molecular weight is 332 g/mol. The number of hydrogen-bond acceptors (Lipinski definition) is 4. The van der Waals surface area contributed by atoms with Gasteiger partial charge >= 0.3 is 0 Å². The number of aromatic amines is 1. The van der Waals surface area contributed by atoms with Crippen molar-refractivity contribution >= 4 is 29.2 Å². The second kappa shape index (κ2) is 6.21. The number of carbonyl (C=O) groups is 1. The summed E-state index contributed by atoms with van der Waals surface area (Å²) in [6, 6.07) is 9.70. The molecule has 0 saturated carbocycles. The fourth-order valence-electron chi connectivity index (χ4n) is 2.15. The first-order valence-corrected chi connectivity index (χ1v) is 7.41. The zero-order valence-corrected chi connectivity index (χ0v) is 13.1. The summed E-state index contributed by atoms with van der Waals surface area (Å²) in [7, 11) is 0. The molecule has 0 aliphatic rings. The van der Waals surface area contributed by atoms with Crippen molar-refractivity contribution < 1.29 is 4.79 Å². The van der Waals surface area contributed by atoms with E-state index in [1.165, 1.54) is 0 Å². The largest absolute Gasteiger partial charge is 0.295 e. The molecule has 0 fully saturated rings. The molecule has 0 unspecified atom stereocenters. The number of halogens is 1. The molecule has 3 aromatic rings. The summed E-state index contributed by atoms with van der Waals surface area (Å²) >= 11 is 5.86. The van der Waals surface area contributed by atoms with Crippen molar-refractivity contribution in [3.05, 3.63) is 57.0 Å². The van der Waals surface area contributed by atoms with Crippen molar-refractivity contribution in [3.8, 4) is 0 Å². The number of carbonyl (C=O) groups excluding carboxylic acids is 1. The van der Waals surface area contributed by atoms with Gasteiger partial charge in [-0.2, -0.15) is 9.50 Å². The zero-order chi connectivity index (χ0) is 16.4. The van der Waals surface area contributed by atoms with Crippen LogP contribution in [0.1, 0.15) is 17.7 Å². The molecule has 0 saturated heterocycles. The molecule has 0 atom stereocenters. The van der Waals surface area contributed by atoms with Gasteiger partial charge in [-0.1, -0.05) is 41.9 Å². The number of H-pyrrole nitrogens is 1. The molecule has 1 amide bonds. The monoisotopic (exact) mass is 331 g/mol. The van der Waals surface area contributed by atoms with Crippen molar-refractivity contribution in [2.75, 3.05) is 5.32 Å². The summed E-state index contributed by atoms with van der Waals surface area (Å²) in [5, 5.41) is 5.32. The summed E-state index contributed by atoms with van der Waals surface area (Å²) in [6.07, 6.45) is 0.930. The first kappa shape index (κ1) is 15.2. The number of nitrogens with zero attached hydrogens (tertiary/aromatic N) is 3. The van der Waals surface area contributed by atoms with Crippen molar-refractivity contribution in [2.24, 2.45) is 0 Å². The Balaban J connectivity index is 1.73. The van der Waals surface area contributed by atoms with E-state index in [4.69, 9.17) is 11.6 Å². The van der Waals surface area contributed by atoms with Gasteiger partial charge in [-0.15, -0.1) is 0 Å². The highest BCUT2D eigenvalue weighted by Crippen LogP contribution is 2.09. The maximum Gasteiger partial charge on any atom is 0.293 e. The van der Waals surface area contributed by atoms with E-state index in [0.29, 0.717) is 18.5 Å². The normalized spacial score (nSPS) is 10.9. The molecule has 23 heavy (non-hydrogen) atoms. The van der Waals surface area contributed by atoms with Crippen LogP contribution >= 0.6 is 11.6 Å². The SMILES string of the molecule is Cc1nc2nc(NC(=O)CCc3ccccc3)[nH]n2c(=O)c1Cl. The van der Waals surface area contributed by atoms with E-state index in [0.717, 1.165) is 10.1 Å². The Bertz CT molecular complexity index is 917. The molecule has 0 aliphatic carbocycles. The number of aryl methyl sites for hydroxylation is 2. The van der Waals surface area contributed by atoms with E-state index in [-0.39, 0.29) is 22.7 Å². The minimum Gasteiger partial charge on any atom is -0.295 e. The van der Waals surface area contributed by atoms with E-state index >= 15 is 0 Å². The van der Waals surface area contributed by atoms with Gasteiger partial charge in [0.1, 0.15) is 5.02 Å². The third-order valence-corrected chi connectivity index (χ3v) is 3.78. The maximum absolute atomic E-state index is 12.0. The fourth-order valence-corrected chi connectivity index (χ4v) is 2.28. The van der Waals surface area contributed by atoms with Gasteiger partial charge in [0.2, 0.25) is 11.9 Å². The summed E-state index contributed by atoms with van der Waals surface area (Å²) in [4.78, 5) is 32.1. The van der Waals surface area contributed by atoms with Crippen molar-refractivity contribution in [1.29, 1.82) is 0 Å². The molecule has 2 N–H and O–H groups in total. The van der Waals surface area contributed by atoms with E-state index in [2.05, 4.69) is 20.4 Å². The molecular formula is C15H14ClN5O2. The summed E-state index contributed by atoms with van der Waals surface area (Å²) in [5.41, 5.74) is 1.02. The third-order valence-electron chi connectivity index (χ3n) is 3.35. The standard InChI is InChI=1S/C15H14ClN5O2/c1-9-12(16)13(23)21-15(17-9)19-14(20-21)18-11(22)8-7-10-5-3-2-4-6-10/h2-6H,7-8H2,1H3,(H2,17,18,19,20,22). The number of anilines is 1. The van der Waals surface area contributed by atoms with Gasteiger partial charge in [0, 0.05) is 6.42 Å². The van der Waals surface area contributed by atoms with Crippen LogP contribution in [-0.4, -0.2) is 25.5 Å². The van der Waals surface area contributed by atoms with Crippen LogP contribution in [0.3, 0.4) is 0 Å². The van der Waals surface area contributed by atoms with Gasteiger partial charge in [-0.25, -0.2) is 4.98 Å². The molecule has 0 aliphatic heterocycles. The van der Waals surface area contributed by atoms with E-state index in [1.54, 1.807) is 6.92 Å². The zero-order valence-electron chi connectivity index (χ0n) is 12.3. The number of amides is 1. The summed E-state index contributed by atoms with van der Waals surface area (Å²) in [5.74, 6) is 0.119. The number of nitrogens with one attached hydrogen (secondary N) is 2. The predicted octanol–water partition coefficient (Wildman–Crippen LogP) is 1.95. The van der Waals surface area contributed by atoms with E-state index < -0.39 is 5.56 Å². The minimum absolute atomic E-state index is 0.0214. The van der Waals surface area contributed by atoms with Crippen LogP contribution in [0.25, 0.3) is 5.78 Å². The highest BCUT2D eigenvalue weighted by atomic mass is 35.5. The van der Waals surface area contributed by atoms with Crippen LogP contribution in [-0.2, 0) is 11.2 Å². The van der Waals surface area contributed by atoms with Gasteiger partial charge in [0.25, 0.3) is 11.3 Å². The Labute approximate surface area is 136 Å². The lowest BCUT2D eigenvalue weighted by Gasteiger charge is -2.01. The van der Waals surface area contributed by atoms with E-state index in [1.807, 2.05) is 30.3 Å². The Morgan fingerprint density at radius 1 is 1.30 bits per heavy atom. The predicted molar refractivity (Wildman–Crippen MR) is 86.7 cm³/mol. The van der Waals surface area contributed by atoms with Crippen LogP contribution in [0.5, 0.6) is 0 Å². The molecule has 2 aromatic heterocycles. The Kier molecular flexibility index (Phi) is 4.12. The minimum atomic E-state index is -0.452. The van der Waals surface area contributed by atoms with Crippen LogP contribution in [0.15, 0.2) is 35.1 Å². The quantitative estimate of drug-likeness (QED) is 0.764. The molecule has 0 radical (unpaired) electrons. The van der Waals surface area contributed by atoms with Crippen LogP contribution < -0.4 is 10.9 Å². The van der Waals surface area contributed by atoms with Gasteiger partial charge in [-0.3, -0.25) is 20.0 Å². The smallest absolute Gasteiger partial charge is 0.293 e. The molecule has 118 valence electrons. The molecule has 1 aromatic carbocycles. The van der Waals surface area contributed by atoms with Crippen LogP contribution in [0.2, 0.25) is 5.02 Å². The highest BCUT2D eigenvalue weighted by molar-refractivity contribution is 6.31. The molecular weight excluding hydrogens is 318 g/mol. The highest BCUT2D eigenvalue weighted by Gasteiger charge is 2.13. The number of hydrogen-bond donors (Lipinski definition) is 2. The molecule has 2 heterocycles. The molecule has 0 bridgehead atoms. The lowest BCUT2D eigenvalue weighted by atomic mass is 10.1. The molecule has 7 nitrogen and oxygen atoms in total. The third kappa shape index (κ3) is 3.24. The molecule has 0 spiro atoms. The maximum atomic E-state index is 12.0. The Morgan fingerprint density at radius 2 is 2.04 bits per heavy atom. The first-order valence-electron chi connectivity index (χ1n) is 7.03. The van der Waals surface area contributed by atoms with Crippen LogP contribution in [0.4, 0.5) is 5.95 Å². The second-order valence-electron chi connectivity index (χ2n) is 5.06. The van der Waals surface area contributed by atoms with Crippen molar-refractivity contribution in [3.63, 3.8) is 0 Å². The van der Waals surface area contributed by atoms with Crippen LogP contribution in [0, 0.1) is 6.92 Å².